The lowest BCUT2D eigenvalue weighted by Gasteiger charge is -2.12. The van der Waals surface area contributed by atoms with Crippen LogP contribution in [0.4, 0.5) is 8.78 Å². The van der Waals surface area contributed by atoms with Gasteiger partial charge in [0.25, 0.3) is 0 Å². The van der Waals surface area contributed by atoms with Gasteiger partial charge in [0.2, 0.25) is 0 Å². The number of nitrogens with two attached hydrogens (primary N) is 1. The van der Waals surface area contributed by atoms with E-state index in [0.29, 0.717) is 5.56 Å². The van der Waals surface area contributed by atoms with Crippen LogP contribution in [-0.2, 0) is 0 Å². The number of halogens is 2. The number of rotatable bonds is 3. The maximum atomic E-state index is 13.1. The summed E-state index contributed by atoms with van der Waals surface area (Å²) in [7, 11) is 2.00. The fourth-order valence-electron chi connectivity index (χ4n) is 1.15. The predicted molar refractivity (Wildman–Crippen MR) is 52.6 cm³/mol. The van der Waals surface area contributed by atoms with Crippen LogP contribution in [0.15, 0.2) is 24.3 Å². The maximum Gasteiger partial charge on any atom is 0.127 e. The standard InChI is InChI=1S/C9H12F2NP/c10-7-4-2-1-3-6(7)8(12)5-9(11)13/h1-4,8-9H,5,12-13H2. The molecule has 13 heavy (non-hydrogen) atoms. The monoisotopic (exact) mass is 203 g/mol. The molecule has 1 rings (SSSR count). The Labute approximate surface area is 78.5 Å². The highest BCUT2D eigenvalue weighted by molar-refractivity contribution is 7.17. The normalized spacial score (nSPS) is 15.4. The first-order valence-corrected chi connectivity index (χ1v) is 4.67. The second-order valence-corrected chi connectivity index (χ2v) is 3.60. The molecule has 1 aromatic rings. The molecule has 0 saturated heterocycles. The van der Waals surface area contributed by atoms with E-state index in [-0.39, 0.29) is 12.2 Å². The molecule has 0 aliphatic heterocycles. The Bertz CT molecular complexity index is 278. The van der Waals surface area contributed by atoms with E-state index in [1.807, 2.05) is 9.24 Å². The molecule has 0 bridgehead atoms. The summed E-state index contributed by atoms with van der Waals surface area (Å²) in [5.41, 5.74) is 5.97. The van der Waals surface area contributed by atoms with Crippen molar-refractivity contribution in [1.82, 2.24) is 0 Å². The third-order valence-corrected chi connectivity index (χ3v) is 2.06. The average Bonchev–Trinajstić information content (AvgIpc) is 2.03. The Morgan fingerprint density at radius 1 is 1.38 bits per heavy atom. The average molecular weight is 203 g/mol. The molecule has 0 aliphatic carbocycles. The van der Waals surface area contributed by atoms with E-state index in [0.717, 1.165) is 0 Å². The quantitative estimate of drug-likeness (QED) is 0.750. The van der Waals surface area contributed by atoms with Crippen LogP contribution in [-0.4, -0.2) is 5.91 Å². The summed E-state index contributed by atoms with van der Waals surface area (Å²) in [5, 5.41) is 0. The lowest BCUT2D eigenvalue weighted by molar-refractivity contribution is 0.397. The Balaban J connectivity index is 2.76. The second-order valence-electron chi connectivity index (χ2n) is 2.88. The van der Waals surface area contributed by atoms with E-state index in [1.54, 1.807) is 18.2 Å². The molecule has 0 saturated carbocycles. The number of alkyl halides is 1. The smallest absolute Gasteiger partial charge is 0.127 e. The summed E-state index contributed by atoms with van der Waals surface area (Å²) in [5.74, 6) is -1.46. The minimum atomic E-state index is -1.09. The molecule has 4 heteroatoms. The largest absolute Gasteiger partial charge is 0.324 e. The van der Waals surface area contributed by atoms with E-state index in [4.69, 9.17) is 5.73 Å². The van der Waals surface area contributed by atoms with Crippen LogP contribution in [0.5, 0.6) is 0 Å². The lowest BCUT2D eigenvalue weighted by atomic mass is 10.0. The van der Waals surface area contributed by atoms with Crippen molar-refractivity contribution in [3.05, 3.63) is 35.6 Å². The molecule has 0 aromatic heterocycles. The number of hydrogen-bond donors (Lipinski definition) is 1. The van der Waals surface area contributed by atoms with E-state index in [2.05, 4.69) is 0 Å². The molecular weight excluding hydrogens is 191 g/mol. The zero-order valence-corrected chi connectivity index (χ0v) is 8.24. The van der Waals surface area contributed by atoms with Gasteiger partial charge in [-0.05, 0) is 6.07 Å². The van der Waals surface area contributed by atoms with Gasteiger partial charge in [0.05, 0.1) is 0 Å². The second kappa shape index (κ2) is 4.64. The van der Waals surface area contributed by atoms with Gasteiger partial charge < -0.3 is 5.73 Å². The van der Waals surface area contributed by atoms with Gasteiger partial charge in [-0.2, -0.15) is 0 Å². The summed E-state index contributed by atoms with van der Waals surface area (Å²) in [6.07, 6.45) is 0.117. The predicted octanol–water partition coefficient (Wildman–Crippen LogP) is 2.39. The number of hydrogen-bond acceptors (Lipinski definition) is 1. The molecule has 1 nitrogen and oxygen atoms in total. The van der Waals surface area contributed by atoms with Crippen molar-refractivity contribution in [3.63, 3.8) is 0 Å². The lowest BCUT2D eigenvalue weighted by Crippen LogP contribution is -2.14. The van der Waals surface area contributed by atoms with Gasteiger partial charge in [-0.1, -0.05) is 18.2 Å². The first-order chi connectivity index (χ1) is 6.11. The third-order valence-electron chi connectivity index (χ3n) is 1.78. The molecule has 0 fully saturated rings. The van der Waals surface area contributed by atoms with Gasteiger partial charge in [-0.3, -0.25) is 0 Å². The fourth-order valence-corrected chi connectivity index (χ4v) is 1.44. The summed E-state index contributed by atoms with van der Waals surface area (Å²) in [4.78, 5) is 0. The van der Waals surface area contributed by atoms with Gasteiger partial charge in [0, 0.05) is 18.0 Å². The highest BCUT2D eigenvalue weighted by Gasteiger charge is 2.13. The Kier molecular flexibility index (Phi) is 3.76. The van der Waals surface area contributed by atoms with Crippen LogP contribution < -0.4 is 5.73 Å². The Morgan fingerprint density at radius 3 is 2.54 bits per heavy atom. The molecule has 3 unspecified atom stereocenters. The molecule has 1 aromatic carbocycles. The van der Waals surface area contributed by atoms with Gasteiger partial charge in [-0.15, -0.1) is 9.24 Å². The molecule has 0 spiro atoms. The molecule has 3 atom stereocenters. The molecule has 0 radical (unpaired) electrons. The Morgan fingerprint density at radius 2 is 2.00 bits per heavy atom. The molecule has 2 N–H and O–H groups in total. The van der Waals surface area contributed by atoms with Crippen LogP contribution in [0.2, 0.25) is 0 Å². The SMILES string of the molecule is NC(CC(F)P)c1ccccc1F. The minimum absolute atomic E-state index is 0.117. The summed E-state index contributed by atoms with van der Waals surface area (Å²) in [6, 6.07) is 5.60. The van der Waals surface area contributed by atoms with Gasteiger partial charge in [-0.25, -0.2) is 8.78 Å². The van der Waals surface area contributed by atoms with Crippen molar-refractivity contribution >= 4 is 9.24 Å². The van der Waals surface area contributed by atoms with E-state index >= 15 is 0 Å². The molecule has 0 aliphatic rings. The first kappa shape index (κ1) is 10.6. The van der Waals surface area contributed by atoms with Crippen LogP contribution >= 0.6 is 9.24 Å². The van der Waals surface area contributed by atoms with Gasteiger partial charge in [0.15, 0.2) is 0 Å². The third kappa shape index (κ3) is 3.02. The van der Waals surface area contributed by atoms with Crippen molar-refractivity contribution in [1.29, 1.82) is 0 Å². The highest BCUT2D eigenvalue weighted by Crippen LogP contribution is 2.22. The van der Waals surface area contributed by atoms with Crippen molar-refractivity contribution < 1.29 is 8.78 Å². The maximum absolute atomic E-state index is 13.1. The minimum Gasteiger partial charge on any atom is -0.324 e. The van der Waals surface area contributed by atoms with Crippen molar-refractivity contribution in [2.24, 2.45) is 5.73 Å². The zero-order valence-electron chi connectivity index (χ0n) is 7.08. The molecular formula is C9H12F2NP. The van der Waals surface area contributed by atoms with Crippen molar-refractivity contribution in [2.75, 3.05) is 0 Å². The fraction of sp³-hybridized carbons (Fsp3) is 0.333. The van der Waals surface area contributed by atoms with Crippen molar-refractivity contribution in [2.45, 2.75) is 18.4 Å². The summed E-state index contributed by atoms with van der Waals surface area (Å²) >= 11 is 0. The van der Waals surface area contributed by atoms with Gasteiger partial charge in [0.1, 0.15) is 11.7 Å². The van der Waals surface area contributed by atoms with Crippen LogP contribution in [0, 0.1) is 5.82 Å². The summed E-state index contributed by atoms with van der Waals surface area (Å²) < 4.78 is 25.6. The summed E-state index contributed by atoms with van der Waals surface area (Å²) in [6.45, 7) is 0. The highest BCUT2D eigenvalue weighted by atomic mass is 31.0. The topological polar surface area (TPSA) is 26.0 Å². The van der Waals surface area contributed by atoms with Crippen LogP contribution in [0.1, 0.15) is 18.0 Å². The number of benzene rings is 1. The van der Waals surface area contributed by atoms with Crippen LogP contribution in [0.3, 0.4) is 0 Å². The van der Waals surface area contributed by atoms with E-state index < -0.39 is 12.0 Å². The van der Waals surface area contributed by atoms with Crippen LogP contribution in [0.25, 0.3) is 0 Å². The Hall–Kier alpha value is -0.530. The zero-order chi connectivity index (χ0) is 9.84. The molecule has 72 valence electrons. The van der Waals surface area contributed by atoms with E-state index in [9.17, 15) is 8.78 Å². The van der Waals surface area contributed by atoms with Crippen molar-refractivity contribution in [3.8, 4) is 0 Å². The first-order valence-electron chi connectivity index (χ1n) is 4.01. The van der Waals surface area contributed by atoms with E-state index in [1.165, 1.54) is 6.07 Å². The van der Waals surface area contributed by atoms with Gasteiger partial charge >= 0.3 is 0 Å². The molecule has 0 heterocycles. The molecule has 0 amide bonds.